The van der Waals surface area contributed by atoms with Crippen LogP contribution < -0.4 is 26.4 Å². The average molecular weight is 752 g/mol. The third-order valence-corrected chi connectivity index (χ3v) is 8.24. The number of benzene rings is 2. The number of carboxylic acids is 2. The van der Waals surface area contributed by atoms with Gasteiger partial charge in [-0.15, -0.1) is 0 Å². The zero-order chi connectivity index (χ0) is 39.8. The SMILES string of the molecule is CCCCCC(C(=O)NCNC(=O)c1ccc(-c2ccc(C(=O)NC(CC(=O)O)C(=O)O)c(OCC)c2)o1)[C@@H](CC)N(C=O)OC(=O)c1ccc(N)cc1. The highest BCUT2D eigenvalue weighted by Crippen LogP contribution is 2.29. The number of carbonyl (C=O) groups excluding carboxylic acids is 5. The lowest BCUT2D eigenvalue weighted by atomic mass is 9.90. The van der Waals surface area contributed by atoms with E-state index >= 15 is 0 Å². The molecule has 290 valence electrons. The van der Waals surface area contributed by atoms with Gasteiger partial charge in [-0.05, 0) is 68.3 Å². The van der Waals surface area contributed by atoms with Crippen LogP contribution in [0.2, 0.25) is 0 Å². The van der Waals surface area contributed by atoms with Gasteiger partial charge in [0.15, 0.2) is 5.76 Å². The molecule has 0 saturated heterocycles. The maximum absolute atomic E-state index is 13.5. The number of nitrogens with one attached hydrogen (secondary N) is 3. The molecule has 0 saturated carbocycles. The van der Waals surface area contributed by atoms with E-state index in [1.165, 1.54) is 54.6 Å². The Morgan fingerprint density at radius 1 is 0.926 bits per heavy atom. The first-order valence-electron chi connectivity index (χ1n) is 17.3. The molecule has 3 aromatic rings. The number of aliphatic carboxylic acids is 2. The number of amides is 4. The summed E-state index contributed by atoms with van der Waals surface area (Å²) in [6.07, 6.45) is 2.55. The Balaban J connectivity index is 1.69. The van der Waals surface area contributed by atoms with Crippen LogP contribution in [-0.4, -0.2) is 82.7 Å². The largest absolute Gasteiger partial charge is 0.493 e. The van der Waals surface area contributed by atoms with Crippen molar-refractivity contribution in [1.29, 1.82) is 0 Å². The Morgan fingerprint density at radius 3 is 2.26 bits per heavy atom. The highest BCUT2D eigenvalue weighted by atomic mass is 16.7. The van der Waals surface area contributed by atoms with Crippen LogP contribution in [0.1, 0.15) is 90.6 Å². The molecule has 2 unspecified atom stereocenters. The van der Waals surface area contributed by atoms with E-state index in [4.69, 9.17) is 24.8 Å². The topological polar surface area (TPSA) is 257 Å². The fourth-order valence-electron chi connectivity index (χ4n) is 5.48. The maximum atomic E-state index is 13.5. The van der Waals surface area contributed by atoms with E-state index in [0.29, 0.717) is 30.5 Å². The number of nitrogens with zero attached hydrogens (tertiary/aromatic N) is 1. The number of unbranched alkanes of at least 4 members (excludes halogenated alkanes) is 2. The van der Waals surface area contributed by atoms with E-state index in [0.717, 1.165) is 17.9 Å². The monoisotopic (exact) mass is 751 g/mol. The lowest BCUT2D eigenvalue weighted by Gasteiger charge is -2.31. The predicted molar refractivity (Wildman–Crippen MR) is 193 cm³/mol. The Labute approximate surface area is 311 Å². The summed E-state index contributed by atoms with van der Waals surface area (Å²) in [6.45, 7) is 5.27. The predicted octanol–water partition coefficient (Wildman–Crippen LogP) is 3.59. The van der Waals surface area contributed by atoms with E-state index in [9.17, 15) is 38.7 Å². The molecule has 0 spiro atoms. The van der Waals surface area contributed by atoms with E-state index in [1.807, 2.05) is 6.92 Å². The minimum atomic E-state index is -1.67. The Kier molecular flexibility index (Phi) is 16.0. The molecule has 0 aliphatic carbocycles. The standard InChI is InChI=1S/C37H45N5O12/c1-4-7-8-9-25(28(5-2)42(21-43)54-37(51)22-10-13-24(38)14-11-22)33(46)39-20-40-35(48)30-17-16-29(53-30)23-12-15-26(31(18-23)52-6-3)34(47)41-27(36(49)50)19-32(44)45/h10-18,21,25,27-28H,4-9,19-20,38H2,1-3H3,(H,39,46)(H,40,48)(H,41,47)(H,44,45)(H,49,50)/t25?,27?,28-/m1/s1. The second-order valence-corrected chi connectivity index (χ2v) is 12.0. The van der Waals surface area contributed by atoms with Gasteiger partial charge in [0, 0.05) is 11.3 Å². The van der Waals surface area contributed by atoms with Crippen LogP contribution >= 0.6 is 0 Å². The lowest BCUT2D eigenvalue weighted by molar-refractivity contribution is -0.171. The van der Waals surface area contributed by atoms with Crippen molar-refractivity contribution in [3.63, 3.8) is 0 Å². The highest BCUT2D eigenvalue weighted by molar-refractivity contribution is 6.00. The van der Waals surface area contributed by atoms with E-state index in [2.05, 4.69) is 16.0 Å². The number of carboxylic acid groups (broad SMARTS) is 2. The summed E-state index contributed by atoms with van der Waals surface area (Å²) in [5.41, 5.74) is 6.66. The Hall–Kier alpha value is -6.39. The summed E-state index contributed by atoms with van der Waals surface area (Å²) >= 11 is 0. The number of carbonyl (C=O) groups is 7. The number of furan rings is 1. The number of rotatable bonds is 22. The summed E-state index contributed by atoms with van der Waals surface area (Å²) in [5.74, 6) is -6.33. The summed E-state index contributed by atoms with van der Waals surface area (Å²) in [6, 6.07) is 10.7. The molecule has 7 N–H and O–H groups in total. The van der Waals surface area contributed by atoms with Crippen molar-refractivity contribution in [1.82, 2.24) is 21.0 Å². The average Bonchev–Trinajstić information content (AvgIpc) is 3.64. The van der Waals surface area contributed by atoms with Crippen molar-refractivity contribution in [3.8, 4) is 17.1 Å². The van der Waals surface area contributed by atoms with Crippen LogP contribution in [0.5, 0.6) is 5.75 Å². The van der Waals surface area contributed by atoms with Gasteiger partial charge >= 0.3 is 17.9 Å². The van der Waals surface area contributed by atoms with Gasteiger partial charge in [-0.1, -0.05) is 39.2 Å². The van der Waals surface area contributed by atoms with E-state index in [1.54, 1.807) is 13.8 Å². The summed E-state index contributed by atoms with van der Waals surface area (Å²) < 4.78 is 11.3. The first-order chi connectivity index (χ1) is 25.8. The smallest absolute Gasteiger partial charge is 0.363 e. The number of ether oxygens (including phenoxy) is 1. The molecule has 1 heterocycles. The second-order valence-electron chi connectivity index (χ2n) is 12.0. The number of nitrogen functional groups attached to an aromatic ring is 1. The normalized spacial score (nSPS) is 12.4. The fourth-order valence-corrected chi connectivity index (χ4v) is 5.48. The molecule has 3 rings (SSSR count). The zero-order valence-corrected chi connectivity index (χ0v) is 30.2. The van der Waals surface area contributed by atoms with Crippen LogP contribution in [0.4, 0.5) is 5.69 Å². The first kappa shape index (κ1) is 42.0. The second kappa shape index (κ2) is 20.6. The van der Waals surface area contributed by atoms with Gasteiger partial charge in [-0.3, -0.25) is 24.0 Å². The molecule has 17 nitrogen and oxygen atoms in total. The number of anilines is 1. The summed E-state index contributed by atoms with van der Waals surface area (Å²) in [7, 11) is 0. The minimum absolute atomic E-state index is 0.0490. The van der Waals surface area contributed by atoms with Gasteiger partial charge in [0.1, 0.15) is 17.6 Å². The van der Waals surface area contributed by atoms with Gasteiger partial charge in [0.05, 0.1) is 42.8 Å². The third kappa shape index (κ3) is 11.8. The highest BCUT2D eigenvalue weighted by Gasteiger charge is 2.34. The molecular formula is C37H45N5O12. The van der Waals surface area contributed by atoms with E-state index < -0.39 is 60.1 Å². The maximum Gasteiger partial charge on any atom is 0.363 e. The first-order valence-corrected chi connectivity index (χ1v) is 17.3. The molecule has 17 heteroatoms. The number of nitrogens with two attached hydrogens (primary N) is 1. The number of hydrogen-bond acceptors (Lipinski definition) is 11. The molecule has 0 radical (unpaired) electrons. The molecule has 4 amide bonds. The van der Waals surface area contributed by atoms with Crippen LogP contribution in [-0.2, 0) is 24.0 Å². The van der Waals surface area contributed by atoms with Crippen molar-refractivity contribution in [2.75, 3.05) is 19.0 Å². The summed E-state index contributed by atoms with van der Waals surface area (Å²) in [4.78, 5) is 92.0. The molecular weight excluding hydrogens is 706 g/mol. The molecule has 0 bridgehead atoms. The summed E-state index contributed by atoms with van der Waals surface area (Å²) in [5, 5.41) is 26.5. The molecule has 2 aromatic carbocycles. The van der Waals surface area contributed by atoms with Gasteiger partial charge < -0.3 is 45.9 Å². The van der Waals surface area contributed by atoms with Crippen molar-refractivity contribution < 1.29 is 57.8 Å². The quantitative estimate of drug-likeness (QED) is 0.0282. The molecule has 54 heavy (non-hydrogen) atoms. The molecule has 1 aromatic heterocycles. The van der Waals surface area contributed by atoms with Crippen molar-refractivity contribution in [2.45, 2.75) is 71.4 Å². The van der Waals surface area contributed by atoms with Gasteiger partial charge in [-0.25, -0.2) is 9.59 Å². The van der Waals surface area contributed by atoms with Crippen molar-refractivity contribution in [2.24, 2.45) is 5.92 Å². The molecule has 0 fully saturated rings. The Morgan fingerprint density at radius 2 is 1.65 bits per heavy atom. The fraction of sp³-hybridized carbons (Fsp3) is 0.378. The molecule has 3 atom stereocenters. The zero-order valence-electron chi connectivity index (χ0n) is 30.2. The van der Waals surface area contributed by atoms with Gasteiger partial charge in [0.25, 0.3) is 11.8 Å². The van der Waals surface area contributed by atoms with Crippen LogP contribution in [0, 0.1) is 5.92 Å². The number of hydroxylamine groups is 2. The lowest BCUT2D eigenvalue weighted by Crippen LogP contribution is -2.49. The molecule has 0 aliphatic rings. The minimum Gasteiger partial charge on any atom is -0.493 e. The van der Waals surface area contributed by atoms with Gasteiger partial charge in [-0.2, -0.15) is 5.06 Å². The van der Waals surface area contributed by atoms with Crippen molar-refractivity contribution in [3.05, 3.63) is 71.5 Å². The Bertz CT molecular complexity index is 1790. The molecule has 0 aliphatic heterocycles. The third-order valence-electron chi connectivity index (χ3n) is 8.24. The van der Waals surface area contributed by atoms with Crippen LogP contribution in [0.15, 0.2) is 59.0 Å². The van der Waals surface area contributed by atoms with E-state index in [-0.39, 0.29) is 48.1 Å². The number of hydrogen-bond donors (Lipinski definition) is 6. The van der Waals surface area contributed by atoms with Crippen LogP contribution in [0.3, 0.4) is 0 Å². The van der Waals surface area contributed by atoms with Gasteiger partial charge in [0.2, 0.25) is 12.3 Å². The van der Waals surface area contributed by atoms with Crippen LogP contribution in [0.25, 0.3) is 11.3 Å². The van der Waals surface area contributed by atoms with Crippen molar-refractivity contribution >= 4 is 47.7 Å².